The van der Waals surface area contributed by atoms with E-state index in [1.54, 1.807) is 0 Å². The molecule has 0 unspecified atom stereocenters. The van der Waals surface area contributed by atoms with Crippen LogP contribution in [0.4, 0.5) is 0 Å². The number of hydrogen-bond donors (Lipinski definition) is 0. The van der Waals surface area contributed by atoms with Crippen LogP contribution < -0.4 is 0 Å². The quantitative estimate of drug-likeness (QED) is 0.205. The van der Waals surface area contributed by atoms with Crippen molar-refractivity contribution < 1.29 is 12.6 Å². The third-order valence-electron chi connectivity index (χ3n) is 7.66. The molecule has 0 aliphatic carbocycles. The minimum absolute atomic E-state index is 0.0525. The van der Waals surface area contributed by atoms with Crippen LogP contribution in [0.25, 0.3) is 87.4 Å². The largest absolute Gasteiger partial charge is 0.455 e. The first-order valence-electron chi connectivity index (χ1n) is 17.1. The van der Waals surface area contributed by atoms with E-state index in [0.29, 0.717) is 48.4 Å². The Morgan fingerprint density at radius 2 is 1.23 bits per heavy atom. The molecule has 6 aromatic carbocycles. The van der Waals surface area contributed by atoms with Crippen molar-refractivity contribution in [1.29, 1.82) is 0 Å². The Bertz CT molecular complexity index is 2840. The fourth-order valence-corrected chi connectivity index (χ4v) is 6.72. The van der Waals surface area contributed by atoms with Crippen molar-refractivity contribution in [2.45, 2.75) is 0 Å². The molecule has 0 aliphatic heterocycles. The Morgan fingerprint density at radius 1 is 0.523 bits per heavy atom. The summed E-state index contributed by atoms with van der Waals surface area (Å²) in [7, 11) is 0. The van der Waals surface area contributed by atoms with Crippen LogP contribution in [-0.2, 0) is 0 Å². The molecule has 0 amide bonds. The lowest BCUT2D eigenvalue weighted by molar-refractivity contribution is 0.669. The molecule has 0 saturated heterocycles. The first-order chi connectivity index (χ1) is 24.3. The summed E-state index contributed by atoms with van der Waals surface area (Å²) in [6.45, 7) is 0. The van der Waals surface area contributed by atoms with E-state index in [1.807, 2.05) is 103 Å². The monoisotopic (exact) mass is 587 g/mol. The SMILES string of the molecule is [2H]c1c([2H])c([2H])c2c(sc3c([2H])c(-c4nc(-c5ccccc5)nc(-c5cccc6c5oc5ccccc56)n4)c([2H])c([2H])c32)c1-c1ccccc1. The number of benzene rings is 6. The molecule has 4 nitrogen and oxygen atoms in total. The van der Waals surface area contributed by atoms with Crippen molar-refractivity contribution in [2.75, 3.05) is 0 Å². The molecule has 0 atom stereocenters. The van der Waals surface area contributed by atoms with Crippen molar-refractivity contribution in [3.63, 3.8) is 0 Å². The van der Waals surface area contributed by atoms with Gasteiger partial charge >= 0.3 is 0 Å². The fourth-order valence-electron chi connectivity index (χ4n) is 5.58. The Balaban J connectivity index is 1.35. The van der Waals surface area contributed by atoms with E-state index in [9.17, 15) is 4.11 Å². The molecule has 0 radical (unpaired) electrons. The van der Waals surface area contributed by atoms with Gasteiger partial charge in [-0.3, -0.25) is 0 Å². The van der Waals surface area contributed by atoms with Crippen molar-refractivity contribution in [3.05, 3.63) is 139 Å². The van der Waals surface area contributed by atoms with E-state index in [-0.39, 0.29) is 58.9 Å². The third-order valence-corrected chi connectivity index (χ3v) is 8.78. The molecule has 0 aliphatic rings. The van der Waals surface area contributed by atoms with E-state index < -0.39 is 0 Å². The zero-order valence-corrected chi connectivity index (χ0v) is 23.8. The van der Waals surface area contributed by atoms with Gasteiger partial charge < -0.3 is 4.42 Å². The number of fused-ring (bicyclic) bond motifs is 6. The summed E-state index contributed by atoms with van der Waals surface area (Å²) in [4.78, 5) is 14.5. The number of para-hydroxylation sites is 2. The highest BCUT2D eigenvalue weighted by Crippen LogP contribution is 2.41. The van der Waals surface area contributed by atoms with Crippen molar-refractivity contribution in [1.82, 2.24) is 15.0 Å². The van der Waals surface area contributed by atoms with Crippen LogP contribution in [-0.4, -0.2) is 15.0 Å². The molecule has 206 valence electrons. The van der Waals surface area contributed by atoms with Gasteiger partial charge in [-0.15, -0.1) is 11.3 Å². The number of thiophene rings is 1. The summed E-state index contributed by atoms with van der Waals surface area (Å²) in [6, 6.07) is 31.0. The molecule has 0 spiro atoms. The smallest absolute Gasteiger partial charge is 0.167 e. The second-order valence-electron chi connectivity index (χ2n) is 10.3. The number of nitrogens with zero attached hydrogens (tertiary/aromatic N) is 3. The minimum atomic E-state index is -0.276. The molecule has 9 rings (SSSR count). The maximum Gasteiger partial charge on any atom is 0.167 e. The summed E-state index contributed by atoms with van der Waals surface area (Å²) < 4.78 is 61.4. The van der Waals surface area contributed by atoms with Crippen LogP contribution >= 0.6 is 11.3 Å². The molecule has 44 heavy (non-hydrogen) atoms. The molecule has 0 N–H and O–H groups in total. The first kappa shape index (κ1) is 19.5. The Kier molecular flexibility index (Phi) is 4.42. The molecule has 9 aromatic rings. The number of rotatable bonds is 4. The molecule has 5 heteroatoms. The minimum Gasteiger partial charge on any atom is -0.455 e. The summed E-state index contributed by atoms with van der Waals surface area (Å²) in [5.74, 6) is 0.678. The van der Waals surface area contributed by atoms with Gasteiger partial charge in [-0.1, -0.05) is 121 Å². The molecular formula is C39H23N3OS. The van der Waals surface area contributed by atoms with Crippen LogP contribution in [0.1, 0.15) is 8.22 Å². The van der Waals surface area contributed by atoms with Gasteiger partial charge in [0.2, 0.25) is 0 Å². The standard InChI is InChI=1S/C39H23N3OS/c1-3-11-24(12-4-1)27-16-9-18-31-29-22-21-26(23-34(29)44-36(27)31)38-40-37(25-13-5-2-6-14-25)41-39(42-38)32-19-10-17-30-28-15-7-8-20-33(28)43-35(30)32/h1-23H/i9D,16D,18D,21D,22D,23D. The van der Waals surface area contributed by atoms with E-state index in [1.165, 1.54) is 11.3 Å². The maximum absolute atomic E-state index is 9.49. The van der Waals surface area contributed by atoms with E-state index in [0.717, 1.165) is 16.4 Å². The highest BCUT2D eigenvalue weighted by atomic mass is 32.1. The number of furan rings is 1. The topological polar surface area (TPSA) is 51.8 Å². The summed E-state index contributed by atoms with van der Waals surface area (Å²) in [5.41, 5.74) is 3.85. The molecule has 3 heterocycles. The van der Waals surface area contributed by atoms with Gasteiger partial charge in [0.25, 0.3) is 0 Å². The molecular weight excluding hydrogens is 559 g/mol. The van der Waals surface area contributed by atoms with Crippen LogP contribution in [0.5, 0.6) is 0 Å². The maximum atomic E-state index is 9.49. The van der Waals surface area contributed by atoms with Crippen molar-refractivity contribution in [2.24, 2.45) is 0 Å². The second-order valence-corrected chi connectivity index (χ2v) is 11.3. The van der Waals surface area contributed by atoms with Gasteiger partial charge in [0.1, 0.15) is 11.2 Å². The van der Waals surface area contributed by atoms with Crippen molar-refractivity contribution >= 4 is 53.4 Å². The van der Waals surface area contributed by atoms with Crippen LogP contribution in [0.2, 0.25) is 0 Å². The highest BCUT2D eigenvalue weighted by molar-refractivity contribution is 7.26. The van der Waals surface area contributed by atoms with E-state index >= 15 is 0 Å². The second kappa shape index (κ2) is 9.97. The van der Waals surface area contributed by atoms with Crippen LogP contribution in [0.3, 0.4) is 0 Å². The predicted octanol–water partition coefficient (Wildman–Crippen LogP) is 10.8. The van der Waals surface area contributed by atoms with Gasteiger partial charge in [0, 0.05) is 42.1 Å². The highest BCUT2D eigenvalue weighted by Gasteiger charge is 2.18. The van der Waals surface area contributed by atoms with Crippen molar-refractivity contribution in [3.8, 4) is 45.3 Å². The summed E-state index contributed by atoms with van der Waals surface area (Å²) in [5, 5.41) is 2.38. The van der Waals surface area contributed by atoms with Gasteiger partial charge in [0.15, 0.2) is 17.5 Å². The lowest BCUT2D eigenvalue weighted by Crippen LogP contribution is -2.00. The van der Waals surface area contributed by atoms with Gasteiger partial charge in [-0.05, 0) is 29.3 Å². The van der Waals surface area contributed by atoms with E-state index in [2.05, 4.69) is 0 Å². The summed E-state index contributed by atoms with van der Waals surface area (Å²) >= 11 is 1.18. The van der Waals surface area contributed by atoms with Gasteiger partial charge in [-0.25, -0.2) is 15.0 Å². The number of hydrogen-bond acceptors (Lipinski definition) is 5. The van der Waals surface area contributed by atoms with Gasteiger partial charge in [0.05, 0.1) is 13.8 Å². The normalized spacial score (nSPS) is 13.5. The Hall–Kier alpha value is -5.65. The Morgan fingerprint density at radius 3 is 2.07 bits per heavy atom. The molecule has 3 aromatic heterocycles. The number of aromatic nitrogens is 3. The average molecular weight is 588 g/mol. The predicted molar refractivity (Wildman–Crippen MR) is 182 cm³/mol. The first-order valence-corrected chi connectivity index (χ1v) is 14.9. The summed E-state index contributed by atoms with van der Waals surface area (Å²) in [6.07, 6.45) is 0. The third kappa shape index (κ3) is 4.02. The molecule has 0 saturated carbocycles. The lowest BCUT2D eigenvalue weighted by Gasteiger charge is -2.09. The average Bonchev–Trinajstić information content (AvgIpc) is 3.74. The molecule has 0 fully saturated rings. The lowest BCUT2D eigenvalue weighted by atomic mass is 10.0. The van der Waals surface area contributed by atoms with E-state index in [4.69, 9.17) is 23.5 Å². The van der Waals surface area contributed by atoms with Crippen LogP contribution in [0, 0.1) is 0 Å². The zero-order valence-electron chi connectivity index (χ0n) is 29.0. The molecule has 0 bridgehead atoms. The Labute approximate surface area is 265 Å². The fraction of sp³-hybridized carbons (Fsp3) is 0. The van der Waals surface area contributed by atoms with Gasteiger partial charge in [-0.2, -0.15) is 0 Å². The zero-order chi connectivity index (χ0) is 34.3. The van der Waals surface area contributed by atoms with Crippen LogP contribution in [0.15, 0.2) is 144 Å².